The van der Waals surface area contributed by atoms with Crippen LogP contribution in [0, 0.1) is 0 Å². The molecule has 0 bridgehead atoms. The fourth-order valence-electron chi connectivity index (χ4n) is 3.83. The van der Waals surface area contributed by atoms with Crippen LogP contribution in [0.3, 0.4) is 0 Å². The Hall–Kier alpha value is -2.74. The van der Waals surface area contributed by atoms with E-state index in [2.05, 4.69) is 34.8 Å². The van der Waals surface area contributed by atoms with Crippen molar-refractivity contribution in [1.29, 1.82) is 0 Å². The van der Waals surface area contributed by atoms with Crippen molar-refractivity contribution < 1.29 is 4.79 Å². The van der Waals surface area contributed by atoms with Crippen molar-refractivity contribution in [2.24, 2.45) is 0 Å². The summed E-state index contributed by atoms with van der Waals surface area (Å²) in [5, 5.41) is 5.93. The van der Waals surface area contributed by atoms with Crippen molar-refractivity contribution in [1.82, 2.24) is 9.88 Å². The van der Waals surface area contributed by atoms with E-state index in [1.54, 1.807) is 11.3 Å². The molecule has 0 unspecified atom stereocenters. The van der Waals surface area contributed by atoms with Crippen LogP contribution in [-0.2, 0) is 13.0 Å². The molecule has 0 aliphatic carbocycles. The highest BCUT2D eigenvalue weighted by molar-refractivity contribution is 7.21. The SMILES string of the molecule is CN1CCc2nc3sc(C(=O)Nc4ccccc4)c(N)c3c(-c3cccs3)c2C1. The summed E-state index contributed by atoms with van der Waals surface area (Å²) in [6.45, 7) is 1.82. The molecule has 0 spiro atoms. The summed E-state index contributed by atoms with van der Waals surface area (Å²) >= 11 is 3.08. The number of hydrogen-bond donors (Lipinski definition) is 2. The molecule has 5 rings (SSSR count). The van der Waals surface area contributed by atoms with Crippen molar-refractivity contribution in [3.05, 3.63) is 64.0 Å². The molecule has 146 valence electrons. The van der Waals surface area contributed by atoms with Gasteiger partial charge in [0.15, 0.2) is 0 Å². The molecule has 1 amide bonds. The number of para-hydroxylation sites is 1. The van der Waals surface area contributed by atoms with E-state index < -0.39 is 0 Å². The van der Waals surface area contributed by atoms with Gasteiger partial charge in [-0.15, -0.1) is 22.7 Å². The van der Waals surface area contributed by atoms with Crippen LogP contribution in [0.15, 0.2) is 47.8 Å². The van der Waals surface area contributed by atoms with Crippen molar-refractivity contribution >= 4 is 50.2 Å². The lowest BCUT2D eigenvalue weighted by Crippen LogP contribution is -2.27. The number of thiophene rings is 2. The average molecular weight is 421 g/mol. The van der Waals surface area contributed by atoms with E-state index in [0.29, 0.717) is 10.6 Å². The van der Waals surface area contributed by atoms with Crippen molar-refractivity contribution in [3.8, 4) is 10.4 Å². The molecular weight excluding hydrogens is 400 g/mol. The van der Waals surface area contributed by atoms with Crippen LogP contribution in [0.5, 0.6) is 0 Å². The van der Waals surface area contributed by atoms with E-state index in [1.165, 1.54) is 21.8 Å². The highest BCUT2D eigenvalue weighted by Gasteiger charge is 2.27. The average Bonchev–Trinajstić information content (AvgIpc) is 3.36. The zero-order valence-corrected chi connectivity index (χ0v) is 17.6. The fraction of sp³-hybridized carbons (Fsp3) is 0.182. The number of amides is 1. The predicted octanol–water partition coefficient (Wildman–Crippen LogP) is 4.85. The Labute approximate surface area is 176 Å². The van der Waals surface area contributed by atoms with Gasteiger partial charge in [0.25, 0.3) is 5.91 Å². The number of nitrogens with zero attached hydrogens (tertiary/aromatic N) is 2. The molecule has 0 atom stereocenters. The summed E-state index contributed by atoms with van der Waals surface area (Å²) in [7, 11) is 2.13. The Bertz CT molecular complexity index is 1200. The number of carbonyl (C=O) groups is 1. The molecule has 0 radical (unpaired) electrons. The van der Waals surface area contributed by atoms with Crippen LogP contribution >= 0.6 is 22.7 Å². The number of carbonyl (C=O) groups excluding carboxylic acids is 1. The highest BCUT2D eigenvalue weighted by Crippen LogP contribution is 2.44. The molecule has 4 heterocycles. The fourth-order valence-corrected chi connectivity index (χ4v) is 5.65. The minimum absolute atomic E-state index is 0.191. The maximum absolute atomic E-state index is 13.0. The van der Waals surface area contributed by atoms with E-state index in [9.17, 15) is 4.79 Å². The van der Waals surface area contributed by atoms with Gasteiger partial charge in [0, 0.05) is 46.7 Å². The third-order valence-electron chi connectivity index (χ3n) is 5.23. The number of fused-ring (bicyclic) bond motifs is 2. The summed E-state index contributed by atoms with van der Waals surface area (Å²) in [5.74, 6) is -0.191. The second kappa shape index (κ2) is 7.26. The lowest BCUT2D eigenvalue weighted by molar-refractivity contribution is 0.103. The minimum Gasteiger partial charge on any atom is -0.397 e. The maximum atomic E-state index is 13.0. The molecule has 5 nitrogen and oxygen atoms in total. The number of nitrogens with two attached hydrogens (primary N) is 1. The quantitative estimate of drug-likeness (QED) is 0.497. The number of likely N-dealkylation sites (N-methyl/N-ethyl adjacent to an activating group) is 1. The van der Waals surface area contributed by atoms with Gasteiger partial charge in [0.1, 0.15) is 9.71 Å². The first-order valence-corrected chi connectivity index (χ1v) is 11.1. The van der Waals surface area contributed by atoms with E-state index in [0.717, 1.165) is 46.7 Å². The van der Waals surface area contributed by atoms with Crippen LogP contribution in [0.2, 0.25) is 0 Å². The normalized spacial score (nSPS) is 14.1. The van der Waals surface area contributed by atoms with Crippen LogP contribution in [0.25, 0.3) is 20.7 Å². The molecule has 7 heteroatoms. The van der Waals surface area contributed by atoms with Crippen LogP contribution in [0.1, 0.15) is 20.9 Å². The summed E-state index contributed by atoms with van der Waals surface area (Å²) in [6, 6.07) is 13.6. The number of anilines is 2. The van der Waals surface area contributed by atoms with Crippen molar-refractivity contribution in [2.45, 2.75) is 13.0 Å². The van der Waals surface area contributed by atoms with Crippen molar-refractivity contribution in [2.75, 3.05) is 24.6 Å². The van der Waals surface area contributed by atoms with Crippen molar-refractivity contribution in [3.63, 3.8) is 0 Å². The molecule has 1 aromatic carbocycles. The van der Waals surface area contributed by atoms with Gasteiger partial charge in [0.2, 0.25) is 0 Å². The van der Waals surface area contributed by atoms with Gasteiger partial charge in [-0.3, -0.25) is 4.79 Å². The first-order chi connectivity index (χ1) is 14.1. The largest absolute Gasteiger partial charge is 0.397 e. The summed E-state index contributed by atoms with van der Waals surface area (Å²) in [5.41, 5.74) is 11.3. The third-order valence-corrected chi connectivity index (χ3v) is 7.21. The number of rotatable bonds is 3. The molecule has 3 N–H and O–H groups in total. The summed E-state index contributed by atoms with van der Waals surface area (Å²) in [6.07, 6.45) is 0.906. The molecule has 29 heavy (non-hydrogen) atoms. The third kappa shape index (κ3) is 3.21. The second-order valence-corrected chi connectivity index (χ2v) is 9.17. The Balaban J connectivity index is 1.69. The van der Waals surface area contributed by atoms with Crippen LogP contribution < -0.4 is 11.1 Å². The van der Waals surface area contributed by atoms with Gasteiger partial charge in [-0.2, -0.15) is 0 Å². The van der Waals surface area contributed by atoms with E-state index >= 15 is 0 Å². The molecule has 0 fully saturated rings. The lowest BCUT2D eigenvalue weighted by atomic mass is 9.96. The Morgan fingerprint density at radius 2 is 2.03 bits per heavy atom. The first kappa shape index (κ1) is 18.3. The molecular formula is C22H20N4OS2. The maximum Gasteiger partial charge on any atom is 0.267 e. The molecule has 1 aliphatic rings. The topological polar surface area (TPSA) is 71.2 Å². The zero-order chi connectivity index (χ0) is 20.0. The smallest absolute Gasteiger partial charge is 0.267 e. The zero-order valence-electron chi connectivity index (χ0n) is 15.9. The van der Waals surface area contributed by atoms with Gasteiger partial charge < -0.3 is 16.0 Å². The molecule has 0 saturated carbocycles. The van der Waals surface area contributed by atoms with E-state index in [4.69, 9.17) is 10.7 Å². The second-order valence-electron chi connectivity index (χ2n) is 7.22. The van der Waals surface area contributed by atoms with Gasteiger partial charge in [-0.05, 0) is 36.2 Å². The van der Waals surface area contributed by atoms with Crippen LogP contribution in [0.4, 0.5) is 11.4 Å². The highest BCUT2D eigenvalue weighted by atomic mass is 32.1. The summed E-state index contributed by atoms with van der Waals surface area (Å²) in [4.78, 5) is 22.7. The van der Waals surface area contributed by atoms with E-state index in [-0.39, 0.29) is 5.91 Å². The van der Waals surface area contributed by atoms with Gasteiger partial charge >= 0.3 is 0 Å². The molecule has 1 aliphatic heterocycles. The minimum atomic E-state index is -0.191. The Kier molecular flexibility index (Phi) is 4.58. The van der Waals surface area contributed by atoms with E-state index in [1.807, 2.05) is 30.3 Å². The molecule has 3 aromatic heterocycles. The number of hydrogen-bond acceptors (Lipinski definition) is 6. The molecule has 0 saturated heterocycles. The number of aromatic nitrogens is 1. The van der Waals surface area contributed by atoms with Gasteiger partial charge in [-0.1, -0.05) is 24.3 Å². The van der Waals surface area contributed by atoms with Gasteiger partial charge in [-0.25, -0.2) is 4.98 Å². The first-order valence-electron chi connectivity index (χ1n) is 9.44. The Morgan fingerprint density at radius 3 is 2.79 bits per heavy atom. The predicted molar refractivity (Wildman–Crippen MR) is 122 cm³/mol. The number of nitrogen functional groups attached to an aromatic ring is 1. The monoisotopic (exact) mass is 420 g/mol. The standard InChI is InChI=1S/C22H20N4OS2/c1-26-10-9-15-14(12-26)17(16-8-5-11-28-16)18-19(23)20(29-22(18)25-15)21(27)24-13-6-3-2-4-7-13/h2-8,11H,9-10,12,23H2,1H3,(H,24,27). The number of pyridine rings is 1. The van der Waals surface area contributed by atoms with Crippen LogP contribution in [-0.4, -0.2) is 29.4 Å². The van der Waals surface area contributed by atoms with Gasteiger partial charge in [0.05, 0.1) is 5.69 Å². The number of nitrogens with one attached hydrogen (secondary N) is 1. The molecule has 4 aromatic rings. The summed E-state index contributed by atoms with van der Waals surface area (Å²) < 4.78 is 0. The Morgan fingerprint density at radius 1 is 1.21 bits per heavy atom. The lowest BCUT2D eigenvalue weighted by Gasteiger charge is -2.26. The number of benzene rings is 1.